The molecule has 240 valence electrons. The summed E-state index contributed by atoms with van der Waals surface area (Å²) in [6, 6.07) is 6.96. The van der Waals surface area contributed by atoms with Gasteiger partial charge < -0.3 is 10.1 Å². The molecule has 1 saturated carbocycles. The number of aromatic nitrogens is 1. The Morgan fingerprint density at radius 2 is 1.58 bits per heavy atom. The zero-order valence-electron chi connectivity index (χ0n) is 23.0. The van der Waals surface area contributed by atoms with E-state index in [0.29, 0.717) is 24.0 Å². The predicted octanol–water partition coefficient (Wildman–Crippen LogP) is 5.69. The highest BCUT2D eigenvalue weighted by Crippen LogP contribution is 2.60. The second kappa shape index (κ2) is 11.2. The van der Waals surface area contributed by atoms with Gasteiger partial charge in [0.15, 0.2) is 9.84 Å². The van der Waals surface area contributed by atoms with Crippen molar-refractivity contribution in [1.29, 1.82) is 0 Å². The maximum absolute atomic E-state index is 15.0. The smallest absolute Gasteiger partial charge is 0.353 e. The second-order valence-corrected chi connectivity index (χ2v) is 13.3. The van der Waals surface area contributed by atoms with Crippen LogP contribution in [-0.4, -0.2) is 44.0 Å². The number of benzene rings is 2. The van der Waals surface area contributed by atoms with Gasteiger partial charge in [-0.15, -0.1) is 0 Å². The molecule has 2 aliphatic rings. The SMILES string of the molecule is O=CC1C[C@@H](NC(=O)Cc2ccncc2)[C@@H]2CCc3cc(C(F)(C(F)(F)F)C(F)(F)F)ccc3[C@@]12S(=O)(=O)c1ccc(F)cc1. The summed E-state index contributed by atoms with van der Waals surface area (Å²) >= 11 is 0. The fraction of sp³-hybridized carbons (Fsp3) is 0.367. The van der Waals surface area contributed by atoms with Crippen molar-refractivity contribution in [2.24, 2.45) is 11.8 Å². The Balaban J connectivity index is 1.68. The number of nitrogens with one attached hydrogen (secondary N) is 1. The molecular formula is C30H24F8N2O4S. The van der Waals surface area contributed by atoms with E-state index in [9.17, 15) is 48.7 Å². The van der Waals surface area contributed by atoms with Crippen LogP contribution in [0.4, 0.5) is 35.1 Å². The van der Waals surface area contributed by atoms with Crippen molar-refractivity contribution in [2.45, 2.75) is 59.4 Å². The van der Waals surface area contributed by atoms with E-state index in [2.05, 4.69) is 10.3 Å². The fourth-order valence-corrected chi connectivity index (χ4v) is 9.41. The topological polar surface area (TPSA) is 93.2 Å². The Labute approximate surface area is 251 Å². The number of aryl methyl sites for hydroxylation is 1. The van der Waals surface area contributed by atoms with Crippen molar-refractivity contribution in [1.82, 2.24) is 10.3 Å². The summed E-state index contributed by atoms with van der Waals surface area (Å²) in [5.74, 6) is -3.88. The van der Waals surface area contributed by atoms with E-state index >= 15 is 4.39 Å². The van der Waals surface area contributed by atoms with Crippen LogP contribution in [0.5, 0.6) is 0 Å². The highest BCUT2D eigenvalue weighted by Gasteiger charge is 2.74. The highest BCUT2D eigenvalue weighted by atomic mass is 32.2. The summed E-state index contributed by atoms with van der Waals surface area (Å²) in [6.07, 6.45) is -10.5. The Kier molecular flexibility index (Phi) is 8.07. The molecule has 0 saturated heterocycles. The molecule has 1 amide bonds. The molecule has 1 unspecified atom stereocenters. The summed E-state index contributed by atoms with van der Waals surface area (Å²) in [5, 5.41) is 2.75. The normalized spacial score (nSPS) is 23.6. The summed E-state index contributed by atoms with van der Waals surface area (Å²) in [7, 11) is -4.78. The molecule has 15 heteroatoms. The van der Waals surface area contributed by atoms with E-state index in [0.717, 1.165) is 24.3 Å². The monoisotopic (exact) mass is 660 g/mol. The number of carbonyl (C=O) groups is 2. The minimum absolute atomic E-state index is 0.136. The number of nitrogens with zero attached hydrogens (tertiary/aromatic N) is 1. The minimum atomic E-state index is -6.41. The molecule has 6 nitrogen and oxygen atoms in total. The molecule has 4 atom stereocenters. The summed E-state index contributed by atoms with van der Waals surface area (Å²) < 4.78 is 137. The number of hydrogen-bond acceptors (Lipinski definition) is 5. The zero-order valence-corrected chi connectivity index (χ0v) is 23.8. The van der Waals surface area contributed by atoms with E-state index in [1.54, 1.807) is 12.1 Å². The molecule has 0 aliphatic heterocycles. The number of sulfone groups is 1. The second-order valence-electron chi connectivity index (χ2n) is 11.1. The number of fused-ring (bicyclic) bond motifs is 3. The van der Waals surface area contributed by atoms with Gasteiger partial charge in [-0.1, -0.05) is 18.2 Å². The number of carbonyl (C=O) groups excluding carboxylic acids is 2. The van der Waals surface area contributed by atoms with Crippen LogP contribution >= 0.6 is 0 Å². The molecule has 2 aromatic carbocycles. The van der Waals surface area contributed by atoms with E-state index in [-0.39, 0.29) is 42.9 Å². The van der Waals surface area contributed by atoms with Crippen molar-refractivity contribution < 1.29 is 53.1 Å². The molecule has 1 fully saturated rings. The first-order valence-electron chi connectivity index (χ1n) is 13.6. The van der Waals surface area contributed by atoms with E-state index < -0.39 is 72.7 Å². The summed E-state index contributed by atoms with van der Waals surface area (Å²) in [5.41, 5.74) is -7.61. The van der Waals surface area contributed by atoms with Crippen LogP contribution < -0.4 is 5.32 Å². The van der Waals surface area contributed by atoms with Crippen LogP contribution in [-0.2, 0) is 42.7 Å². The number of aldehydes is 1. The molecule has 1 N–H and O–H groups in total. The maximum Gasteiger partial charge on any atom is 0.435 e. The Morgan fingerprint density at radius 1 is 0.956 bits per heavy atom. The first-order valence-corrected chi connectivity index (χ1v) is 15.1. The van der Waals surface area contributed by atoms with Crippen molar-refractivity contribution in [3.05, 3.63) is 95.1 Å². The van der Waals surface area contributed by atoms with Gasteiger partial charge in [0.25, 0.3) is 0 Å². The molecule has 1 heterocycles. The van der Waals surface area contributed by atoms with Crippen molar-refractivity contribution >= 4 is 22.0 Å². The van der Waals surface area contributed by atoms with Crippen LogP contribution in [0.3, 0.4) is 0 Å². The Morgan fingerprint density at radius 3 is 2.16 bits per heavy atom. The highest BCUT2D eigenvalue weighted by molar-refractivity contribution is 7.92. The van der Waals surface area contributed by atoms with E-state index in [1.807, 2.05) is 0 Å². The van der Waals surface area contributed by atoms with Crippen LogP contribution in [0.1, 0.15) is 35.1 Å². The number of halogens is 8. The molecule has 1 aromatic heterocycles. The maximum atomic E-state index is 15.0. The molecule has 2 aliphatic carbocycles. The van der Waals surface area contributed by atoms with Gasteiger partial charge in [-0.3, -0.25) is 9.78 Å². The van der Waals surface area contributed by atoms with Gasteiger partial charge in [-0.2, -0.15) is 26.3 Å². The van der Waals surface area contributed by atoms with Crippen LogP contribution in [0, 0.1) is 17.7 Å². The van der Waals surface area contributed by atoms with Crippen molar-refractivity contribution in [3.8, 4) is 0 Å². The number of hydrogen-bond donors (Lipinski definition) is 1. The predicted molar refractivity (Wildman–Crippen MR) is 142 cm³/mol. The zero-order chi connectivity index (χ0) is 33.0. The van der Waals surface area contributed by atoms with Gasteiger partial charge >= 0.3 is 18.0 Å². The first-order chi connectivity index (χ1) is 21.0. The fourth-order valence-electron chi connectivity index (χ4n) is 6.81. The third-order valence-electron chi connectivity index (χ3n) is 8.72. The summed E-state index contributed by atoms with van der Waals surface area (Å²) in [4.78, 5) is 29.0. The lowest BCUT2D eigenvalue weighted by atomic mass is 9.71. The van der Waals surface area contributed by atoms with Gasteiger partial charge in [0.05, 0.1) is 11.3 Å². The van der Waals surface area contributed by atoms with E-state index in [4.69, 9.17) is 0 Å². The van der Waals surface area contributed by atoms with Gasteiger partial charge in [0, 0.05) is 35.8 Å². The number of amides is 1. The largest absolute Gasteiger partial charge is 0.435 e. The van der Waals surface area contributed by atoms with Crippen LogP contribution in [0.25, 0.3) is 0 Å². The number of pyridine rings is 1. The third-order valence-corrected chi connectivity index (χ3v) is 11.3. The van der Waals surface area contributed by atoms with E-state index in [1.165, 1.54) is 12.4 Å². The molecule has 0 radical (unpaired) electrons. The van der Waals surface area contributed by atoms with Gasteiger partial charge in [0.2, 0.25) is 5.91 Å². The van der Waals surface area contributed by atoms with Gasteiger partial charge in [0.1, 0.15) is 16.9 Å². The average molecular weight is 661 g/mol. The Hall–Kier alpha value is -3.88. The van der Waals surface area contributed by atoms with Crippen molar-refractivity contribution in [2.75, 3.05) is 0 Å². The lowest BCUT2D eigenvalue weighted by Crippen LogP contribution is -2.52. The summed E-state index contributed by atoms with van der Waals surface area (Å²) in [6.45, 7) is 0. The van der Waals surface area contributed by atoms with Gasteiger partial charge in [-0.05, 0) is 72.4 Å². The molecule has 5 rings (SSSR count). The van der Waals surface area contributed by atoms with Gasteiger partial charge in [-0.25, -0.2) is 17.2 Å². The third kappa shape index (κ3) is 5.08. The van der Waals surface area contributed by atoms with Crippen molar-refractivity contribution in [3.63, 3.8) is 0 Å². The van der Waals surface area contributed by atoms with Crippen LogP contribution in [0.2, 0.25) is 0 Å². The van der Waals surface area contributed by atoms with Crippen LogP contribution in [0.15, 0.2) is 71.9 Å². The number of rotatable bonds is 7. The number of alkyl halides is 7. The lowest BCUT2D eigenvalue weighted by Gasteiger charge is -2.44. The molecular weight excluding hydrogens is 636 g/mol. The molecule has 0 bridgehead atoms. The lowest BCUT2D eigenvalue weighted by molar-refractivity contribution is -0.348. The average Bonchev–Trinajstić information content (AvgIpc) is 3.30. The molecule has 3 aromatic rings. The Bertz CT molecular complexity index is 1700. The molecule has 0 spiro atoms. The molecule has 45 heavy (non-hydrogen) atoms. The first kappa shape index (κ1) is 32.5. The standard InChI is InChI=1S/C30H24F8N2O4S/c31-21-3-5-22(6-4-21)45(43,44)27-20(16-41)15-25(40-26(42)13-17-9-11-39-12-10-17)24(27)7-1-18-14-19(2-8-23(18)27)28(32,29(33,34)35)30(36,37)38/h2-6,8-12,14,16,20,24-25H,1,7,13,15H2,(H,40,42)/t20?,24-,25+,27-/m0/s1. The quantitative estimate of drug-likeness (QED) is 0.200. The minimum Gasteiger partial charge on any atom is -0.353 e.